The summed E-state index contributed by atoms with van der Waals surface area (Å²) in [5, 5.41) is 18.2. The fraction of sp³-hybridized carbons (Fsp3) is 0. The Morgan fingerprint density at radius 2 is 0.786 bits per heavy atom. The van der Waals surface area contributed by atoms with E-state index < -0.39 is 0 Å². The van der Waals surface area contributed by atoms with Crippen molar-refractivity contribution < 1.29 is 15.0 Å². The first kappa shape index (κ1) is 18.9. The number of rotatable bonds is 3. The molecular weight excluding hydrogens is 348 g/mol. The molecule has 0 saturated heterocycles. The lowest BCUT2D eigenvalue weighted by Gasteiger charge is -2.01. The highest BCUT2D eigenvalue weighted by atomic mass is 16.3. The number of phenols is 2. The molecule has 0 aliphatic carbocycles. The van der Waals surface area contributed by atoms with Crippen molar-refractivity contribution in [3.63, 3.8) is 0 Å². The number of hydrogen-bond acceptors (Lipinski definition) is 3. The zero-order chi connectivity index (χ0) is 19.8. The van der Waals surface area contributed by atoms with Crippen LogP contribution in [0.5, 0.6) is 11.5 Å². The molecular formula is C25H20O3. The molecule has 4 aromatic rings. The quantitative estimate of drug-likeness (QED) is 0.457. The third kappa shape index (κ3) is 5.08. The van der Waals surface area contributed by atoms with Crippen LogP contribution in [0.1, 0.15) is 15.9 Å². The van der Waals surface area contributed by atoms with Gasteiger partial charge in [-0.05, 0) is 35.4 Å². The molecule has 0 heterocycles. The minimum absolute atomic E-state index is 0.0752. The van der Waals surface area contributed by atoms with Crippen molar-refractivity contribution in [1.82, 2.24) is 0 Å². The van der Waals surface area contributed by atoms with E-state index in [4.69, 9.17) is 10.2 Å². The lowest BCUT2D eigenvalue weighted by atomic mass is 10.0. The van der Waals surface area contributed by atoms with Gasteiger partial charge >= 0.3 is 0 Å². The van der Waals surface area contributed by atoms with E-state index in [1.54, 1.807) is 24.3 Å². The summed E-state index contributed by atoms with van der Waals surface area (Å²) < 4.78 is 0. The van der Waals surface area contributed by atoms with Crippen LogP contribution in [0, 0.1) is 0 Å². The Bertz CT molecular complexity index is 922. The summed E-state index contributed by atoms with van der Waals surface area (Å²) in [6, 6.07) is 32.5. The van der Waals surface area contributed by atoms with Crippen LogP contribution in [0.3, 0.4) is 0 Å². The first-order valence-corrected chi connectivity index (χ1v) is 8.87. The number of benzene rings is 4. The Morgan fingerprint density at radius 1 is 0.464 bits per heavy atom. The van der Waals surface area contributed by atoms with Gasteiger partial charge in [-0.2, -0.15) is 0 Å². The molecule has 3 heteroatoms. The number of carbonyl (C=O) groups is 1. The predicted octanol–water partition coefficient (Wildman–Crippen LogP) is 5.68. The van der Waals surface area contributed by atoms with Gasteiger partial charge in [0.2, 0.25) is 0 Å². The molecule has 0 spiro atoms. The van der Waals surface area contributed by atoms with Crippen molar-refractivity contribution in [1.29, 1.82) is 0 Å². The summed E-state index contributed by atoms with van der Waals surface area (Å²) in [6.45, 7) is 0. The van der Waals surface area contributed by atoms with Crippen molar-refractivity contribution in [2.75, 3.05) is 0 Å². The van der Waals surface area contributed by atoms with E-state index in [9.17, 15) is 4.79 Å². The van der Waals surface area contributed by atoms with Gasteiger partial charge in [-0.25, -0.2) is 0 Å². The van der Waals surface area contributed by atoms with E-state index in [1.807, 2.05) is 84.9 Å². The van der Waals surface area contributed by atoms with Crippen molar-refractivity contribution in [2.24, 2.45) is 0 Å². The van der Waals surface area contributed by atoms with Crippen LogP contribution >= 0.6 is 0 Å². The molecule has 0 saturated carbocycles. The Balaban J connectivity index is 0.000000161. The SMILES string of the molecule is O=C(c1ccccc1)c1ccccc1.Oc1ccc(-c2ccc(O)cc2)cc1. The van der Waals surface area contributed by atoms with Crippen LogP contribution in [0.15, 0.2) is 109 Å². The van der Waals surface area contributed by atoms with E-state index in [-0.39, 0.29) is 17.3 Å². The third-order valence-corrected chi connectivity index (χ3v) is 4.14. The van der Waals surface area contributed by atoms with Gasteiger partial charge < -0.3 is 10.2 Å². The molecule has 0 bridgehead atoms. The van der Waals surface area contributed by atoms with Gasteiger partial charge in [0, 0.05) is 11.1 Å². The molecule has 2 N–H and O–H groups in total. The maximum atomic E-state index is 11.8. The predicted molar refractivity (Wildman–Crippen MR) is 112 cm³/mol. The number of phenolic OH excluding ortho intramolecular Hbond substituents is 2. The second-order valence-corrected chi connectivity index (χ2v) is 6.15. The van der Waals surface area contributed by atoms with Gasteiger partial charge in [0.1, 0.15) is 11.5 Å². The molecule has 4 aromatic carbocycles. The molecule has 0 aromatic heterocycles. The Labute approximate surface area is 164 Å². The highest BCUT2D eigenvalue weighted by Gasteiger charge is 2.06. The second-order valence-electron chi connectivity index (χ2n) is 6.15. The molecule has 28 heavy (non-hydrogen) atoms. The molecule has 0 aliphatic heterocycles. The Morgan fingerprint density at radius 3 is 1.11 bits per heavy atom. The average Bonchev–Trinajstić information content (AvgIpc) is 2.76. The zero-order valence-electron chi connectivity index (χ0n) is 15.2. The molecule has 0 aliphatic rings. The second kappa shape index (κ2) is 9.19. The first-order chi connectivity index (χ1) is 13.6. The van der Waals surface area contributed by atoms with E-state index in [0.717, 1.165) is 22.3 Å². The molecule has 0 radical (unpaired) electrons. The van der Waals surface area contributed by atoms with E-state index in [1.165, 1.54) is 0 Å². The number of carbonyl (C=O) groups excluding carboxylic acids is 1. The zero-order valence-corrected chi connectivity index (χ0v) is 15.2. The van der Waals surface area contributed by atoms with Crippen molar-refractivity contribution >= 4 is 5.78 Å². The highest BCUT2D eigenvalue weighted by Crippen LogP contribution is 2.23. The third-order valence-electron chi connectivity index (χ3n) is 4.14. The van der Waals surface area contributed by atoms with E-state index >= 15 is 0 Å². The van der Waals surface area contributed by atoms with Crippen LogP contribution in [-0.4, -0.2) is 16.0 Å². The molecule has 0 unspecified atom stereocenters. The van der Waals surface area contributed by atoms with Gasteiger partial charge in [-0.1, -0.05) is 84.9 Å². The summed E-state index contributed by atoms with van der Waals surface area (Å²) >= 11 is 0. The van der Waals surface area contributed by atoms with Gasteiger partial charge in [-0.3, -0.25) is 4.79 Å². The fourth-order valence-electron chi connectivity index (χ4n) is 2.65. The molecule has 0 fully saturated rings. The lowest BCUT2D eigenvalue weighted by Crippen LogP contribution is -1.99. The Kier molecular flexibility index (Phi) is 6.21. The topological polar surface area (TPSA) is 57.5 Å². The van der Waals surface area contributed by atoms with Gasteiger partial charge in [0.05, 0.1) is 0 Å². The van der Waals surface area contributed by atoms with Gasteiger partial charge in [-0.15, -0.1) is 0 Å². The van der Waals surface area contributed by atoms with E-state index in [0.29, 0.717) is 0 Å². The summed E-state index contributed by atoms with van der Waals surface area (Å²) in [7, 11) is 0. The van der Waals surface area contributed by atoms with Crippen molar-refractivity contribution in [2.45, 2.75) is 0 Å². The normalized spacial score (nSPS) is 9.86. The average molecular weight is 368 g/mol. The van der Waals surface area contributed by atoms with Crippen LogP contribution in [-0.2, 0) is 0 Å². The van der Waals surface area contributed by atoms with Crippen molar-refractivity contribution in [3.8, 4) is 22.6 Å². The Hall–Kier alpha value is -3.85. The van der Waals surface area contributed by atoms with Crippen LogP contribution in [0.2, 0.25) is 0 Å². The van der Waals surface area contributed by atoms with Crippen LogP contribution < -0.4 is 0 Å². The molecule has 4 rings (SSSR count). The van der Waals surface area contributed by atoms with Crippen LogP contribution in [0.4, 0.5) is 0 Å². The lowest BCUT2D eigenvalue weighted by molar-refractivity contribution is 0.103. The maximum Gasteiger partial charge on any atom is 0.193 e. The number of aromatic hydroxyl groups is 2. The highest BCUT2D eigenvalue weighted by molar-refractivity contribution is 6.08. The molecule has 0 atom stereocenters. The first-order valence-electron chi connectivity index (χ1n) is 8.87. The van der Waals surface area contributed by atoms with Crippen LogP contribution in [0.25, 0.3) is 11.1 Å². The minimum Gasteiger partial charge on any atom is -0.508 e. The molecule has 0 amide bonds. The molecule has 3 nitrogen and oxygen atoms in total. The number of hydrogen-bond donors (Lipinski definition) is 2. The monoisotopic (exact) mass is 368 g/mol. The minimum atomic E-state index is 0.0752. The van der Waals surface area contributed by atoms with E-state index in [2.05, 4.69) is 0 Å². The smallest absolute Gasteiger partial charge is 0.193 e. The summed E-state index contributed by atoms with van der Waals surface area (Å²) in [5.74, 6) is 0.589. The summed E-state index contributed by atoms with van der Waals surface area (Å²) in [6.07, 6.45) is 0. The fourth-order valence-corrected chi connectivity index (χ4v) is 2.65. The number of ketones is 1. The van der Waals surface area contributed by atoms with Gasteiger partial charge in [0.15, 0.2) is 5.78 Å². The standard InChI is InChI=1S/C13H10O.C12H10O2/c14-13(11-7-3-1-4-8-11)12-9-5-2-6-10-12;13-11-5-1-9(2-6-11)10-3-7-12(14)8-4-10/h1-10H;1-8,13-14H. The maximum absolute atomic E-state index is 11.8. The summed E-state index contributed by atoms with van der Waals surface area (Å²) in [5.41, 5.74) is 3.50. The largest absolute Gasteiger partial charge is 0.508 e. The van der Waals surface area contributed by atoms with Gasteiger partial charge in [0.25, 0.3) is 0 Å². The van der Waals surface area contributed by atoms with Crippen molar-refractivity contribution in [3.05, 3.63) is 120 Å². The molecule has 138 valence electrons. The summed E-state index contributed by atoms with van der Waals surface area (Å²) in [4.78, 5) is 11.8.